The van der Waals surface area contributed by atoms with Crippen molar-refractivity contribution in [2.75, 3.05) is 38.7 Å². The Balaban J connectivity index is 1.67. The van der Waals surface area contributed by atoms with Crippen LogP contribution in [0.1, 0.15) is 20.8 Å². The van der Waals surface area contributed by atoms with Gasteiger partial charge in [0.1, 0.15) is 17.3 Å². The maximum Gasteiger partial charge on any atom is 0.254 e. The molecule has 1 aliphatic heterocycles. The largest absolute Gasteiger partial charge is 0.393 e. The number of nitrogens with zero attached hydrogens (tertiary/aromatic N) is 3. The third-order valence-corrected chi connectivity index (χ3v) is 5.33. The van der Waals surface area contributed by atoms with Crippen LogP contribution in [0, 0.1) is 11.6 Å². The van der Waals surface area contributed by atoms with E-state index in [1.54, 1.807) is 36.2 Å². The Kier molecular flexibility index (Phi) is 6.98. The molecule has 1 fully saturated rings. The molecule has 8 nitrogen and oxygen atoms in total. The van der Waals surface area contributed by atoms with Crippen LogP contribution in [-0.2, 0) is 4.74 Å². The summed E-state index contributed by atoms with van der Waals surface area (Å²) < 4.78 is 35.6. The predicted octanol–water partition coefficient (Wildman–Crippen LogP) is 3.50. The van der Waals surface area contributed by atoms with Crippen LogP contribution in [0.4, 0.5) is 20.3 Å². The molecule has 0 atom stereocenters. The molecule has 1 aliphatic rings. The summed E-state index contributed by atoms with van der Waals surface area (Å²) >= 11 is 0. The van der Waals surface area contributed by atoms with Crippen molar-refractivity contribution in [1.29, 1.82) is 0 Å². The summed E-state index contributed by atoms with van der Waals surface area (Å²) in [5.74, 6) is -1.67. The zero-order chi connectivity index (χ0) is 24.1. The maximum absolute atomic E-state index is 14.5. The molecule has 10 heteroatoms. The van der Waals surface area contributed by atoms with Crippen LogP contribution >= 0.6 is 0 Å². The van der Waals surface area contributed by atoms with Gasteiger partial charge in [0.25, 0.3) is 5.91 Å². The number of hydrogen-bond acceptors (Lipinski definition) is 6. The van der Waals surface area contributed by atoms with Crippen LogP contribution in [0.25, 0.3) is 17.6 Å². The zero-order valence-electron chi connectivity index (χ0n) is 18.4. The minimum absolute atomic E-state index is 0.0672. The standard InChI is InChI=1S/C24H23F2N5O3/c1-27-9-10-31-20(15-32)22(29-23(31)21-18(25)3-2-4-19(21)26)28-17-7-5-16(6-8-17)24(33)30-11-13-34-14-12-30/h2-10,15,27-28H,11-14H2,1H3/b10-9-. The van der Waals surface area contributed by atoms with Gasteiger partial charge in [-0.2, -0.15) is 0 Å². The second kappa shape index (κ2) is 10.3. The number of aldehydes is 1. The Hall–Kier alpha value is -4.05. The molecule has 2 N–H and O–H groups in total. The van der Waals surface area contributed by atoms with E-state index < -0.39 is 11.6 Å². The second-order valence-electron chi connectivity index (χ2n) is 7.47. The Morgan fingerprint density at radius 2 is 1.76 bits per heavy atom. The van der Waals surface area contributed by atoms with E-state index in [1.807, 2.05) is 0 Å². The highest BCUT2D eigenvalue weighted by Crippen LogP contribution is 2.31. The van der Waals surface area contributed by atoms with Crippen molar-refractivity contribution in [3.63, 3.8) is 0 Å². The number of carbonyl (C=O) groups excluding carboxylic acids is 2. The first-order valence-electron chi connectivity index (χ1n) is 10.6. The van der Waals surface area contributed by atoms with Gasteiger partial charge in [0, 0.05) is 43.8 Å². The van der Waals surface area contributed by atoms with E-state index in [1.165, 1.54) is 23.0 Å². The quantitative estimate of drug-likeness (QED) is 0.517. The molecule has 34 heavy (non-hydrogen) atoms. The summed E-state index contributed by atoms with van der Waals surface area (Å²) in [6.07, 6.45) is 3.51. The van der Waals surface area contributed by atoms with Gasteiger partial charge in [-0.1, -0.05) is 6.07 Å². The summed E-state index contributed by atoms with van der Waals surface area (Å²) in [7, 11) is 1.65. The maximum atomic E-state index is 14.5. The molecule has 1 aromatic heterocycles. The molecule has 0 bridgehead atoms. The molecular weight excluding hydrogens is 444 g/mol. The summed E-state index contributed by atoms with van der Waals surface area (Å²) in [6, 6.07) is 10.2. The average molecular weight is 467 g/mol. The van der Waals surface area contributed by atoms with Gasteiger partial charge in [-0.3, -0.25) is 14.2 Å². The summed E-state index contributed by atoms with van der Waals surface area (Å²) in [4.78, 5) is 30.6. The summed E-state index contributed by atoms with van der Waals surface area (Å²) in [5.41, 5.74) is 0.771. The third-order valence-electron chi connectivity index (χ3n) is 5.33. The molecule has 2 heterocycles. The molecule has 2 aromatic carbocycles. The lowest BCUT2D eigenvalue weighted by Crippen LogP contribution is -2.40. The number of aromatic nitrogens is 2. The van der Waals surface area contributed by atoms with E-state index >= 15 is 0 Å². The molecule has 0 radical (unpaired) electrons. The Labute approximate surface area is 194 Å². The number of hydrogen-bond donors (Lipinski definition) is 2. The molecule has 0 spiro atoms. The SMILES string of the molecule is CN/C=C\n1c(-c2c(F)cccc2F)nc(Nc2ccc(C(=O)N3CCOCC3)cc2)c1C=O. The van der Waals surface area contributed by atoms with Crippen LogP contribution in [0.2, 0.25) is 0 Å². The van der Waals surface area contributed by atoms with E-state index in [0.29, 0.717) is 43.8 Å². The normalized spacial score (nSPS) is 13.8. The number of nitrogens with one attached hydrogen (secondary N) is 2. The van der Waals surface area contributed by atoms with E-state index in [9.17, 15) is 18.4 Å². The van der Waals surface area contributed by atoms with E-state index in [4.69, 9.17) is 4.74 Å². The van der Waals surface area contributed by atoms with Crippen molar-refractivity contribution >= 4 is 29.9 Å². The summed E-state index contributed by atoms with van der Waals surface area (Å²) in [5, 5.41) is 5.79. The monoisotopic (exact) mass is 467 g/mol. The zero-order valence-corrected chi connectivity index (χ0v) is 18.4. The lowest BCUT2D eigenvalue weighted by atomic mass is 10.1. The number of halogens is 2. The number of morpholine rings is 1. The minimum Gasteiger partial charge on any atom is -0.393 e. The average Bonchev–Trinajstić information content (AvgIpc) is 3.19. The van der Waals surface area contributed by atoms with Crippen LogP contribution in [0.15, 0.2) is 48.7 Å². The second-order valence-corrected chi connectivity index (χ2v) is 7.47. The Bertz CT molecular complexity index is 1200. The summed E-state index contributed by atoms with van der Waals surface area (Å²) in [6.45, 7) is 2.09. The third kappa shape index (κ3) is 4.67. The van der Waals surface area contributed by atoms with Gasteiger partial charge in [0.15, 0.2) is 17.9 Å². The van der Waals surface area contributed by atoms with Gasteiger partial charge in [-0.25, -0.2) is 13.8 Å². The van der Waals surface area contributed by atoms with Crippen LogP contribution in [0.5, 0.6) is 0 Å². The van der Waals surface area contributed by atoms with Crippen molar-refractivity contribution in [3.8, 4) is 11.4 Å². The van der Waals surface area contributed by atoms with Crippen molar-refractivity contribution in [2.45, 2.75) is 0 Å². The molecule has 1 amide bonds. The number of benzene rings is 2. The van der Waals surface area contributed by atoms with Crippen molar-refractivity contribution < 1.29 is 23.1 Å². The lowest BCUT2D eigenvalue weighted by molar-refractivity contribution is 0.0303. The number of amides is 1. The number of carbonyl (C=O) groups is 2. The molecule has 4 rings (SSSR count). The molecule has 0 saturated carbocycles. The molecule has 176 valence electrons. The Morgan fingerprint density at radius 1 is 1.09 bits per heavy atom. The van der Waals surface area contributed by atoms with Gasteiger partial charge >= 0.3 is 0 Å². The molecule has 3 aromatic rings. The fraction of sp³-hybridized carbons (Fsp3) is 0.208. The van der Waals surface area contributed by atoms with Gasteiger partial charge in [0.2, 0.25) is 0 Å². The van der Waals surface area contributed by atoms with Crippen LogP contribution in [0.3, 0.4) is 0 Å². The van der Waals surface area contributed by atoms with Crippen LogP contribution < -0.4 is 10.6 Å². The van der Waals surface area contributed by atoms with E-state index in [2.05, 4.69) is 15.6 Å². The first-order chi connectivity index (χ1) is 16.5. The number of imidazole rings is 1. The highest BCUT2D eigenvalue weighted by molar-refractivity contribution is 5.95. The van der Waals surface area contributed by atoms with Crippen LogP contribution in [-0.4, -0.2) is 60.0 Å². The fourth-order valence-electron chi connectivity index (χ4n) is 3.62. The van der Waals surface area contributed by atoms with Crippen molar-refractivity contribution in [2.24, 2.45) is 0 Å². The highest BCUT2D eigenvalue weighted by atomic mass is 19.1. The van der Waals surface area contributed by atoms with E-state index in [-0.39, 0.29) is 28.8 Å². The lowest BCUT2D eigenvalue weighted by Gasteiger charge is -2.26. The number of ether oxygens (including phenoxy) is 1. The smallest absolute Gasteiger partial charge is 0.254 e. The van der Waals surface area contributed by atoms with Crippen molar-refractivity contribution in [3.05, 3.63) is 71.6 Å². The predicted molar refractivity (Wildman–Crippen MR) is 124 cm³/mol. The van der Waals surface area contributed by atoms with Gasteiger partial charge in [-0.05, 0) is 36.4 Å². The molecular formula is C24H23F2N5O3. The van der Waals surface area contributed by atoms with Crippen molar-refractivity contribution in [1.82, 2.24) is 19.8 Å². The molecule has 1 saturated heterocycles. The number of rotatable bonds is 7. The first-order valence-corrected chi connectivity index (χ1v) is 10.6. The first kappa shape index (κ1) is 23.1. The fourth-order valence-corrected chi connectivity index (χ4v) is 3.62. The number of anilines is 2. The van der Waals surface area contributed by atoms with Gasteiger partial charge < -0.3 is 20.3 Å². The Morgan fingerprint density at radius 3 is 2.38 bits per heavy atom. The van der Waals surface area contributed by atoms with E-state index in [0.717, 1.165) is 12.1 Å². The highest BCUT2D eigenvalue weighted by Gasteiger charge is 2.23. The van der Waals surface area contributed by atoms with Gasteiger partial charge in [0.05, 0.1) is 18.8 Å². The molecule has 0 aliphatic carbocycles. The minimum atomic E-state index is -0.806. The topological polar surface area (TPSA) is 88.5 Å². The molecule has 0 unspecified atom stereocenters. The van der Waals surface area contributed by atoms with Gasteiger partial charge in [-0.15, -0.1) is 0 Å².